The predicted molar refractivity (Wildman–Crippen MR) is 134 cm³/mol. The van der Waals surface area contributed by atoms with Crippen molar-refractivity contribution >= 4 is 28.8 Å². The van der Waals surface area contributed by atoms with Crippen LogP contribution in [-0.2, 0) is 14.3 Å². The van der Waals surface area contributed by atoms with E-state index in [1.807, 2.05) is 78.9 Å². The average molecular weight is 482 g/mol. The maximum atomic E-state index is 12.5. The number of ether oxygens (including phenoxy) is 2. The molecular weight excluding hydrogens is 458 g/mol. The third-order valence-corrected chi connectivity index (χ3v) is 6.26. The second-order valence-corrected chi connectivity index (χ2v) is 8.55. The molecule has 0 unspecified atom stereocenters. The number of amides is 1. The Morgan fingerprint density at radius 1 is 0.806 bits per heavy atom. The fourth-order valence-electron chi connectivity index (χ4n) is 4.55. The zero-order chi connectivity index (χ0) is 25.1. The number of fused-ring (bicyclic) bond motifs is 4. The van der Waals surface area contributed by atoms with Crippen molar-refractivity contribution in [3.8, 4) is 16.9 Å². The Kier molecular flexibility index (Phi) is 6.36. The number of aliphatic carboxylic acids is 1. The van der Waals surface area contributed by atoms with E-state index in [0.717, 1.165) is 33.0 Å². The highest BCUT2D eigenvalue weighted by Gasteiger charge is 2.30. The Morgan fingerprint density at radius 2 is 1.42 bits per heavy atom. The van der Waals surface area contributed by atoms with Gasteiger partial charge in [0.15, 0.2) is 0 Å². The van der Waals surface area contributed by atoms with Crippen molar-refractivity contribution in [3.63, 3.8) is 0 Å². The lowest BCUT2D eigenvalue weighted by Crippen LogP contribution is -2.43. The molecule has 1 atom stereocenters. The highest BCUT2D eigenvalue weighted by atomic mass is 16.6. The minimum Gasteiger partial charge on any atom is -0.480 e. The molecule has 2 N–H and O–H groups in total. The molecule has 180 valence electrons. The van der Waals surface area contributed by atoms with Gasteiger partial charge in [-0.2, -0.15) is 0 Å². The predicted octanol–water partition coefficient (Wildman–Crippen LogP) is 5.13. The molecule has 4 aromatic rings. The fourth-order valence-corrected chi connectivity index (χ4v) is 4.55. The molecule has 4 aromatic carbocycles. The summed E-state index contributed by atoms with van der Waals surface area (Å²) in [6.07, 6.45) is -1.46. The SMILES string of the molecule is O=C(C[C@@H](NC(=O)OCC1c2ccccc2-c2ccccc21)C(=O)O)Oc1ccc2ccccc2c1. The lowest BCUT2D eigenvalue weighted by Gasteiger charge is -2.17. The number of hydrogen-bond donors (Lipinski definition) is 2. The van der Waals surface area contributed by atoms with E-state index in [0.29, 0.717) is 5.75 Å². The van der Waals surface area contributed by atoms with Gasteiger partial charge in [-0.15, -0.1) is 0 Å². The van der Waals surface area contributed by atoms with Gasteiger partial charge in [-0.05, 0) is 45.2 Å². The van der Waals surface area contributed by atoms with Gasteiger partial charge in [-0.3, -0.25) is 4.79 Å². The number of benzene rings is 4. The number of hydrogen-bond acceptors (Lipinski definition) is 5. The molecule has 7 nitrogen and oxygen atoms in total. The number of carboxylic acids is 1. The van der Waals surface area contributed by atoms with Crippen LogP contribution in [0.3, 0.4) is 0 Å². The van der Waals surface area contributed by atoms with E-state index >= 15 is 0 Å². The largest absolute Gasteiger partial charge is 0.480 e. The van der Waals surface area contributed by atoms with Crippen molar-refractivity contribution in [2.75, 3.05) is 6.61 Å². The standard InChI is InChI=1S/C29H23NO6/c31-27(36-20-14-13-18-7-1-2-8-19(18)15-20)16-26(28(32)33)30-29(34)35-17-25-23-11-5-3-9-21(23)22-10-4-6-12-24(22)25/h1-15,25-26H,16-17H2,(H,30,34)(H,32,33)/t26-/m1/s1. The van der Waals surface area contributed by atoms with E-state index in [-0.39, 0.29) is 12.5 Å². The average Bonchev–Trinajstić information content (AvgIpc) is 3.20. The van der Waals surface area contributed by atoms with Gasteiger partial charge in [-0.1, -0.05) is 78.9 Å². The van der Waals surface area contributed by atoms with Crippen molar-refractivity contribution in [1.29, 1.82) is 0 Å². The maximum absolute atomic E-state index is 12.5. The molecule has 0 spiro atoms. The Hall–Kier alpha value is -4.65. The first kappa shape index (κ1) is 23.1. The molecular formula is C29H23NO6. The van der Waals surface area contributed by atoms with E-state index in [9.17, 15) is 19.5 Å². The van der Waals surface area contributed by atoms with E-state index in [4.69, 9.17) is 9.47 Å². The van der Waals surface area contributed by atoms with Crippen LogP contribution < -0.4 is 10.1 Å². The summed E-state index contributed by atoms with van der Waals surface area (Å²) in [5.41, 5.74) is 4.25. The van der Waals surface area contributed by atoms with Gasteiger partial charge in [0.05, 0.1) is 6.42 Å². The number of nitrogens with one attached hydrogen (secondary N) is 1. The molecule has 1 amide bonds. The topological polar surface area (TPSA) is 102 Å². The Bertz CT molecular complexity index is 1420. The number of carboxylic acid groups (broad SMARTS) is 1. The van der Waals surface area contributed by atoms with Crippen molar-refractivity contribution in [1.82, 2.24) is 5.32 Å². The van der Waals surface area contributed by atoms with Gasteiger partial charge in [0, 0.05) is 5.92 Å². The van der Waals surface area contributed by atoms with Crippen LogP contribution in [0.15, 0.2) is 91.0 Å². The molecule has 0 saturated carbocycles. The van der Waals surface area contributed by atoms with E-state index in [2.05, 4.69) is 5.32 Å². The lowest BCUT2D eigenvalue weighted by molar-refractivity contribution is -0.144. The first-order valence-electron chi connectivity index (χ1n) is 11.5. The van der Waals surface area contributed by atoms with Crippen molar-refractivity contribution in [2.24, 2.45) is 0 Å². The number of rotatable bonds is 7. The van der Waals surface area contributed by atoms with Gasteiger partial charge >= 0.3 is 18.0 Å². The quantitative estimate of drug-likeness (QED) is 0.280. The molecule has 7 heteroatoms. The monoisotopic (exact) mass is 481 g/mol. The number of alkyl carbamates (subject to hydrolysis) is 1. The molecule has 0 radical (unpaired) electrons. The number of carbonyl (C=O) groups is 3. The molecule has 0 fully saturated rings. The van der Waals surface area contributed by atoms with Crippen LogP contribution in [-0.4, -0.2) is 35.8 Å². The smallest absolute Gasteiger partial charge is 0.407 e. The molecule has 0 heterocycles. The summed E-state index contributed by atoms with van der Waals surface area (Å²) >= 11 is 0. The molecule has 36 heavy (non-hydrogen) atoms. The third kappa shape index (κ3) is 4.77. The Balaban J connectivity index is 1.20. The van der Waals surface area contributed by atoms with Gasteiger partial charge in [-0.25, -0.2) is 9.59 Å². The third-order valence-electron chi connectivity index (χ3n) is 6.26. The summed E-state index contributed by atoms with van der Waals surface area (Å²) in [6.45, 7) is 0.0355. The number of esters is 1. The Labute approximate surface area is 207 Å². The van der Waals surface area contributed by atoms with Crippen molar-refractivity contribution < 1.29 is 29.0 Å². The molecule has 0 bridgehead atoms. The van der Waals surface area contributed by atoms with Gasteiger partial charge in [0.25, 0.3) is 0 Å². The zero-order valence-corrected chi connectivity index (χ0v) is 19.2. The summed E-state index contributed by atoms with van der Waals surface area (Å²) in [5.74, 6) is -2.01. The fraction of sp³-hybridized carbons (Fsp3) is 0.138. The van der Waals surface area contributed by atoms with Crippen LogP contribution in [0, 0.1) is 0 Å². The summed E-state index contributed by atoms with van der Waals surface area (Å²) in [6, 6.07) is 27.0. The first-order valence-corrected chi connectivity index (χ1v) is 11.5. The minimum absolute atomic E-state index is 0.0355. The summed E-state index contributed by atoms with van der Waals surface area (Å²) in [5, 5.41) is 13.7. The first-order chi connectivity index (χ1) is 17.5. The lowest BCUT2D eigenvalue weighted by atomic mass is 9.98. The van der Waals surface area contributed by atoms with Crippen LogP contribution >= 0.6 is 0 Å². The zero-order valence-electron chi connectivity index (χ0n) is 19.2. The van der Waals surface area contributed by atoms with Crippen LogP contribution in [0.25, 0.3) is 21.9 Å². The maximum Gasteiger partial charge on any atom is 0.407 e. The van der Waals surface area contributed by atoms with Crippen LogP contribution in [0.4, 0.5) is 4.79 Å². The second-order valence-electron chi connectivity index (χ2n) is 8.55. The number of carbonyl (C=O) groups excluding carboxylic acids is 2. The molecule has 0 saturated heterocycles. The minimum atomic E-state index is -1.49. The van der Waals surface area contributed by atoms with Crippen molar-refractivity contribution in [3.05, 3.63) is 102 Å². The molecule has 5 rings (SSSR count). The normalized spacial score (nSPS) is 12.9. The van der Waals surface area contributed by atoms with Crippen LogP contribution in [0.1, 0.15) is 23.5 Å². The van der Waals surface area contributed by atoms with E-state index < -0.39 is 30.5 Å². The second kappa shape index (κ2) is 9.92. The molecule has 0 aromatic heterocycles. The summed E-state index contributed by atoms with van der Waals surface area (Å²) in [4.78, 5) is 36.6. The Morgan fingerprint density at radius 3 is 2.08 bits per heavy atom. The van der Waals surface area contributed by atoms with Gasteiger partial charge in [0.2, 0.25) is 0 Å². The highest BCUT2D eigenvalue weighted by Crippen LogP contribution is 2.44. The van der Waals surface area contributed by atoms with E-state index in [1.165, 1.54) is 0 Å². The van der Waals surface area contributed by atoms with Crippen LogP contribution in [0.5, 0.6) is 5.75 Å². The van der Waals surface area contributed by atoms with Crippen molar-refractivity contribution in [2.45, 2.75) is 18.4 Å². The van der Waals surface area contributed by atoms with Crippen LogP contribution in [0.2, 0.25) is 0 Å². The van der Waals surface area contributed by atoms with Gasteiger partial charge in [0.1, 0.15) is 18.4 Å². The molecule has 1 aliphatic carbocycles. The molecule has 0 aliphatic heterocycles. The van der Waals surface area contributed by atoms with Gasteiger partial charge < -0.3 is 19.9 Å². The highest BCUT2D eigenvalue weighted by molar-refractivity contribution is 5.87. The van der Waals surface area contributed by atoms with E-state index in [1.54, 1.807) is 12.1 Å². The molecule has 1 aliphatic rings. The summed E-state index contributed by atoms with van der Waals surface area (Å²) in [7, 11) is 0. The summed E-state index contributed by atoms with van der Waals surface area (Å²) < 4.78 is 10.7.